The maximum Gasteiger partial charge on any atom is 0.135 e. The van der Waals surface area contributed by atoms with Crippen molar-refractivity contribution in [3.63, 3.8) is 0 Å². The van der Waals surface area contributed by atoms with Crippen molar-refractivity contribution < 1.29 is 4.42 Å². The van der Waals surface area contributed by atoms with Crippen molar-refractivity contribution in [3.05, 3.63) is 243 Å². The molecule has 0 N–H and O–H groups in total. The quantitative estimate of drug-likeness (QED) is 0.153. The molecule has 0 aliphatic carbocycles. The van der Waals surface area contributed by atoms with E-state index in [-0.39, 0.29) is 0 Å². The van der Waals surface area contributed by atoms with Crippen molar-refractivity contribution in [2.24, 2.45) is 0 Å². The number of fused-ring (bicyclic) bond motifs is 6. The van der Waals surface area contributed by atoms with Crippen molar-refractivity contribution >= 4 is 60.8 Å². The fourth-order valence-electron chi connectivity index (χ4n) is 9.53. The second-order valence-corrected chi connectivity index (χ2v) is 16.1. The van der Waals surface area contributed by atoms with Gasteiger partial charge in [-0.15, -0.1) is 0 Å². The van der Waals surface area contributed by atoms with Crippen LogP contribution in [-0.4, -0.2) is 4.57 Å². The summed E-state index contributed by atoms with van der Waals surface area (Å²) in [6, 6.07) is 87.3. The second kappa shape index (κ2) is 15.3. The van der Waals surface area contributed by atoms with Gasteiger partial charge in [0.1, 0.15) is 11.2 Å². The first-order chi connectivity index (χ1) is 31.3. The van der Waals surface area contributed by atoms with Crippen molar-refractivity contribution in [2.45, 2.75) is 0 Å². The average Bonchev–Trinajstić information content (AvgIpc) is 3.90. The topological polar surface area (TPSA) is 21.3 Å². The van der Waals surface area contributed by atoms with Crippen LogP contribution in [0.5, 0.6) is 0 Å². The van der Waals surface area contributed by atoms with Crippen LogP contribution in [0.15, 0.2) is 247 Å². The van der Waals surface area contributed by atoms with Crippen molar-refractivity contribution in [1.29, 1.82) is 0 Å². The van der Waals surface area contributed by atoms with Gasteiger partial charge in [0.15, 0.2) is 0 Å². The summed E-state index contributed by atoms with van der Waals surface area (Å²) in [6.45, 7) is 0. The van der Waals surface area contributed by atoms with Crippen LogP contribution in [0.2, 0.25) is 0 Å². The highest BCUT2D eigenvalue weighted by Gasteiger charge is 2.22. The molecule has 0 bridgehead atoms. The van der Waals surface area contributed by atoms with E-state index in [4.69, 9.17) is 4.42 Å². The Bertz CT molecular complexity index is 3570. The molecule has 10 aromatic carbocycles. The van der Waals surface area contributed by atoms with Crippen LogP contribution in [0.4, 0.5) is 17.1 Å². The number of furan rings is 1. The highest BCUT2D eigenvalue weighted by molar-refractivity contribution is 6.10. The molecule has 2 heterocycles. The van der Waals surface area contributed by atoms with Gasteiger partial charge in [0.25, 0.3) is 0 Å². The molecular formula is C60H40N2O. The lowest BCUT2D eigenvalue weighted by Crippen LogP contribution is -2.11. The van der Waals surface area contributed by atoms with E-state index in [9.17, 15) is 0 Å². The van der Waals surface area contributed by atoms with Crippen LogP contribution >= 0.6 is 0 Å². The largest absolute Gasteiger partial charge is 0.456 e. The maximum atomic E-state index is 6.36. The molecule has 0 atom stereocenters. The number of hydrogen-bond acceptors (Lipinski definition) is 2. The zero-order valence-electron chi connectivity index (χ0n) is 34.4. The summed E-state index contributed by atoms with van der Waals surface area (Å²) in [6.07, 6.45) is 0. The second-order valence-electron chi connectivity index (χ2n) is 16.1. The van der Waals surface area contributed by atoms with Crippen LogP contribution in [0.25, 0.3) is 93.9 Å². The minimum atomic E-state index is 0.867. The van der Waals surface area contributed by atoms with E-state index in [1.165, 1.54) is 55.2 Å². The number of benzene rings is 10. The zero-order chi connectivity index (χ0) is 41.7. The minimum Gasteiger partial charge on any atom is -0.456 e. The van der Waals surface area contributed by atoms with Crippen LogP contribution in [0.1, 0.15) is 0 Å². The van der Waals surface area contributed by atoms with E-state index >= 15 is 0 Å². The highest BCUT2D eigenvalue weighted by Crippen LogP contribution is 2.47. The zero-order valence-corrected chi connectivity index (χ0v) is 34.4. The van der Waals surface area contributed by atoms with E-state index in [1.807, 2.05) is 12.1 Å². The Balaban J connectivity index is 1.08. The Hall–Kier alpha value is -8.40. The van der Waals surface area contributed by atoms with Gasteiger partial charge in [-0.1, -0.05) is 170 Å². The van der Waals surface area contributed by atoms with Gasteiger partial charge in [-0.2, -0.15) is 0 Å². The van der Waals surface area contributed by atoms with E-state index in [0.29, 0.717) is 0 Å². The molecule has 0 saturated heterocycles. The molecule has 0 spiro atoms. The molecular weight excluding hydrogens is 765 g/mol. The molecule has 12 aromatic rings. The fraction of sp³-hybridized carbons (Fsp3) is 0. The molecule has 0 fully saturated rings. The van der Waals surface area contributed by atoms with Crippen LogP contribution < -0.4 is 4.90 Å². The molecule has 12 rings (SSSR count). The first-order valence-corrected chi connectivity index (χ1v) is 21.5. The van der Waals surface area contributed by atoms with E-state index in [2.05, 4.69) is 240 Å². The first-order valence-electron chi connectivity index (χ1n) is 21.5. The van der Waals surface area contributed by atoms with Crippen LogP contribution in [-0.2, 0) is 0 Å². The molecule has 0 amide bonds. The Morgan fingerprint density at radius 3 is 1.57 bits per heavy atom. The standard InChI is InChI=1S/C60H40N2O/c1-3-17-41(18-4-1)43-31-37-49(54(39-43)48-22-8-7-21-47(48)42-19-5-2-6-20-42)50-23-9-13-27-56(50)61(46-36-38-60-55(40-46)53-26-12-16-30-59(53)63-60)44-32-34-45(35-33-44)62-57-28-14-10-24-51(57)52-25-11-15-29-58(52)62/h1-40H. The van der Waals surface area contributed by atoms with Gasteiger partial charge in [-0.25, -0.2) is 0 Å². The summed E-state index contributed by atoms with van der Waals surface area (Å²) in [7, 11) is 0. The van der Waals surface area contributed by atoms with Crippen molar-refractivity contribution in [1.82, 2.24) is 4.57 Å². The lowest BCUT2D eigenvalue weighted by Gasteiger charge is -2.29. The number of para-hydroxylation sites is 4. The van der Waals surface area contributed by atoms with Gasteiger partial charge >= 0.3 is 0 Å². The van der Waals surface area contributed by atoms with Crippen LogP contribution in [0, 0.1) is 0 Å². The molecule has 0 aliphatic heterocycles. The summed E-state index contributed by atoms with van der Waals surface area (Å²) in [5.41, 5.74) is 17.7. The third-order valence-electron chi connectivity index (χ3n) is 12.4. The van der Waals surface area contributed by atoms with Crippen molar-refractivity contribution in [3.8, 4) is 50.2 Å². The Kier molecular flexibility index (Phi) is 8.83. The summed E-state index contributed by atoms with van der Waals surface area (Å²) in [5.74, 6) is 0. The Morgan fingerprint density at radius 2 is 0.841 bits per heavy atom. The normalized spacial score (nSPS) is 11.5. The summed E-state index contributed by atoms with van der Waals surface area (Å²) in [4.78, 5) is 2.41. The van der Waals surface area contributed by atoms with E-state index in [1.54, 1.807) is 0 Å². The predicted molar refractivity (Wildman–Crippen MR) is 264 cm³/mol. The first kappa shape index (κ1) is 36.5. The average molecular weight is 805 g/mol. The highest BCUT2D eigenvalue weighted by atomic mass is 16.3. The molecule has 63 heavy (non-hydrogen) atoms. The van der Waals surface area contributed by atoms with Gasteiger partial charge in [0.2, 0.25) is 0 Å². The minimum absolute atomic E-state index is 0.867. The Morgan fingerprint density at radius 1 is 0.302 bits per heavy atom. The number of hydrogen-bond donors (Lipinski definition) is 0. The number of rotatable bonds is 8. The molecule has 0 unspecified atom stereocenters. The van der Waals surface area contributed by atoms with Gasteiger partial charge in [0.05, 0.1) is 16.7 Å². The molecule has 0 saturated carbocycles. The van der Waals surface area contributed by atoms with E-state index in [0.717, 1.165) is 55.8 Å². The van der Waals surface area contributed by atoms with Gasteiger partial charge in [-0.05, 0) is 112 Å². The molecule has 3 heteroatoms. The van der Waals surface area contributed by atoms with Gasteiger partial charge < -0.3 is 13.9 Å². The lowest BCUT2D eigenvalue weighted by molar-refractivity contribution is 0.669. The summed E-state index contributed by atoms with van der Waals surface area (Å²) >= 11 is 0. The molecule has 0 aliphatic rings. The van der Waals surface area contributed by atoms with E-state index < -0.39 is 0 Å². The molecule has 3 nitrogen and oxygen atoms in total. The molecule has 2 aromatic heterocycles. The van der Waals surface area contributed by atoms with Crippen LogP contribution in [0.3, 0.4) is 0 Å². The number of nitrogens with zero attached hydrogens (tertiary/aromatic N) is 2. The predicted octanol–water partition coefficient (Wildman–Crippen LogP) is 16.8. The maximum absolute atomic E-state index is 6.36. The molecule has 296 valence electrons. The van der Waals surface area contributed by atoms with Crippen molar-refractivity contribution in [2.75, 3.05) is 4.90 Å². The molecule has 0 radical (unpaired) electrons. The third kappa shape index (κ3) is 6.29. The monoisotopic (exact) mass is 804 g/mol. The lowest BCUT2D eigenvalue weighted by atomic mass is 9.86. The fourth-order valence-corrected chi connectivity index (χ4v) is 9.53. The smallest absolute Gasteiger partial charge is 0.135 e. The number of aromatic nitrogens is 1. The number of anilines is 3. The third-order valence-corrected chi connectivity index (χ3v) is 12.4. The Labute approximate surface area is 366 Å². The van der Waals surface area contributed by atoms with Gasteiger partial charge in [-0.3, -0.25) is 0 Å². The van der Waals surface area contributed by atoms with Gasteiger partial charge in [0, 0.05) is 44.2 Å². The SMILES string of the molecule is c1ccc(-c2ccc(-c3ccccc3N(c3ccc(-n4c5ccccc5c5ccccc54)cc3)c3ccc4oc5ccccc5c4c3)c(-c3ccccc3-c3ccccc3)c2)cc1. The summed E-state index contributed by atoms with van der Waals surface area (Å²) in [5, 5.41) is 4.67. The summed E-state index contributed by atoms with van der Waals surface area (Å²) < 4.78 is 8.73.